The van der Waals surface area contributed by atoms with Gasteiger partial charge in [0.25, 0.3) is 0 Å². The van der Waals surface area contributed by atoms with Gasteiger partial charge < -0.3 is 19.6 Å². The van der Waals surface area contributed by atoms with Crippen molar-refractivity contribution >= 4 is 12.0 Å². The average molecular weight is 298 g/mol. The third-order valence-electron chi connectivity index (χ3n) is 5.05. The van der Waals surface area contributed by atoms with Crippen LogP contribution in [-0.4, -0.2) is 65.8 Å². The molecule has 2 atom stereocenters. The van der Waals surface area contributed by atoms with Crippen LogP contribution in [0.5, 0.6) is 0 Å². The highest BCUT2D eigenvalue weighted by Gasteiger charge is 2.49. The fourth-order valence-corrected chi connectivity index (χ4v) is 3.32. The molecular weight excluding hydrogens is 272 g/mol. The Kier molecular flexibility index (Phi) is 4.76. The highest BCUT2D eigenvalue weighted by atomic mass is 16.5. The first-order chi connectivity index (χ1) is 9.92. The van der Waals surface area contributed by atoms with Gasteiger partial charge in [-0.2, -0.15) is 0 Å². The molecule has 2 amide bonds. The minimum absolute atomic E-state index is 0.0134. The second kappa shape index (κ2) is 6.22. The molecule has 2 aliphatic rings. The van der Waals surface area contributed by atoms with E-state index in [1.165, 1.54) is 0 Å². The number of carbonyl (C=O) groups excluding carboxylic acids is 1. The molecule has 2 saturated heterocycles. The Morgan fingerprint density at radius 2 is 2.10 bits per heavy atom. The number of morpholine rings is 1. The Bertz CT molecular complexity index is 412. The van der Waals surface area contributed by atoms with E-state index < -0.39 is 11.4 Å². The van der Waals surface area contributed by atoms with E-state index in [0.717, 1.165) is 6.42 Å². The predicted octanol–water partition coefficient (Wildman–Crippen LogP) is 1.65. The Morgan fingerprint density at radius 1 is 1.38 bits per heavy atom. The molecule has 0 aromatic carbocycles. The van der Waals surface area contributed by atoms with Gasteiger partial charge in [0, 0.05) is 19.6 Å². The Balaban J connectivity index is 2.09. The summed E-state index contributed by atoms with van der Waals surface area (Å²) in [6, 6.07) is 0.0686. The van der Waals surface area contributed by atoms with Gasteiger partial charge in [-0.25, -0.2) is 4.79 Å². The normalized spacial score (nSPS) is 30.0. The molecule has 6 heteroatoms. The number of carboxylic acid groups (broad SMARTS) is 1. The summed E-state index contributed by atoms with van der Waals surface area (Å²) in [5.41, 5.74) is -0.802. The van der Waals surface area contributed by atoms with Gasteiger partial charge in [-0.05, 0) is 18.8 Å². The third kappa shape index (κ3) is 2.86. The van der Waals surface area contributed by atoms with Crippen LogP contribution in [0, 0.1) is 11.3 Å². The Hall–Kier alpha value is -1.30. The fourth-order valence-electron chi connectivity index (χ4n) is 3.32. The molecule has 0 aliphatic carbocycles. The highest BCUT2D eigenvalue weighted by Crippen LogP contribution is 2.38. The summed E-state index contributed by atoms with van der Waals surface area (Å²) in [5, 5.41) is 9.57. The first-order valence-corrected chi connectivity index (χ1v) is 7.79. The zero-order valence-electron chi connectivity index (χ0n) is 13.2. The first kappa shape index (κ1) is 16.1. The number of ether oxygens (including phenoxy) is 1. The summed E-state index contributed by atoms with van der Waals surface area (Å²) in [5.74, 6) is -0.777. The number of amides is 2. The topological polar surface area (TPSA) is 70.1 Å². The molecule has 0 bridgehead atoms. The molecule has 2 unspecified atom stereocenters. The van der Waals surface area contributed by atoms with Crippen molar-refractivity contribution in [3.8, 4) is 0 Å². The monoisotopic (exact) mass is 298 g/mol. The minimum Gasteiger partial charge on any atom is -0.481 e. The second-order valence-electron chi connectivity index (χ2n) is 6.40. The average Bonchev–Trinajstić information content (AvgIpc) is 2.93. The predicted molar refractivity (Wildman–Crippen MR) is 78.1 cm³/mol. The maximum atomic E-state index is 12.7. The molecule has 21 heavy (non-hydrogen) atoms. The standard InChI is InChI=1S/C15H26N2O4/c1-4-12-9-21-8-7-17(12)14(20)16-6-5-15(10-16,11(2)3)13(18)19/h11-12H,4-10H2,1-3H3,(H,18,19). The summed E-state index contributed by atoms with van der Waals surface area (Å²) in [6.07, 6.45) is 1.39. The van der Waals surface area contributed by atoms with Gasteiger partial charge in [-0.1, -0.05) is 20.8 Å². The van der Waals surface area contributed by atoms with Gasteiger partial charge in [0.2, 0.25) is 0 Å². The van der Waals surface area contributed by atoms with Crippen LogP contribution >= 0.6 is 0 Å². The number of aliphatic carboxylic acids is 1. The van der Waals surface area contributed by atoms with Gasteiger partial charge in [0.15, 0.2) is 0 Å². The van der Waals surface area contributed by atoms with Crippen LogP contribution < -0.4 is 0 Å². The van der Waals surface area contributed by atoms with E-state index in [9.17, 15) is 14.7 Å². The zero-order chi connectivity index (χ0) is 15.6. The van der Waals surface area contributed by atoms with Gasteiger partial charge in [0.1, 0.15) is 0 Å². The molecule has 0 radical (unpaired) electrons. The van der Waals surface area contributed by atoms with Gasteiger partial charge in [-0.15, -0.1) is 0 Å². The van der Waals surface area contributed by atoms with Crippen LogP contribution in [0.2, 0.25) is 0 Å². The second-order valence-corrected chi connectivity index (χ2v) is 6.40. The van der Waals surface area contributed by atoms with Gasteiger partial charge in [0.05, 0.1) is 24.7 Å². The van der Waals surface area contributed by atoms with Crippen molar-refractivity contribution in [3.05, 3.63) is 0 Å². The van der Waals surface area contributed by atoms with E-state index >= 15 is 0 Å². The van der Waals surface area contributed by atoms with E-state index in [2.05, 4.69) is 0 Å². The maximum Gasteiger partial charge on any atom is 0.320 e. The summed E-state index contributed by atoms with van der Waals surface area (Å²) in [4.78, 5) is 27.9. The molecule has 0 saturated carbocycles. The molecule has 120 valence electrons. The largest absolute Gasteiger partial charge is 0.481 e. The summed E-state index contributed by atoms with van der Waals surface area (Å²) < 4.78 is 5.43. The number of hydrogen-bond acceptors (Lipinski definition) is 3. The van der Waals surface area contributed by atoms with E-state index in [4.69, 9.17) is 4.74 Å². The molecule has 2 fully saturated rings. The van der Waals surface area contributed by atoms with Crippen molar-refractivity contribution in [2.45, 2.75) is 39.7 Å². The summed E-state index contributed by atoms with van der Waals surface area (Å²) in [6.45, 7) is 8.45. The van der Waals surface area contributed by atoms with Crippen molar-refractivity contribution in [2.24, 2.45) is 11.3 Å². The van der Waals surface area contributed by atoms with Crippen molar-refractivity contribution in [2.75, 3.05) is 32.8 Å². The first-order valence-electron chi connectivity index (χ1n) is 7.79. The lowest BCUT2D eigenvalue weighted by atomic mass is 9.76. The van der Waals surface area contributed by atoms with E-state index in [-0.39, 0.29) is 18.0 Å². The van der Waals surface area contributed by atoms with Crippen molar-refractivity contribution in [3.63, 3.8) is 0 Å². The molecule has 2 heterocycles. The van der Waals surface area contributed by atoms with Gasteiger partial charge >= 0.3 is 12.0 Å². The van der Waals surface area contributed by atoms with Crippen molar-refractivity contribution in [1.82, 2.24) is 9.80 Å². The Morgan fingerprint density at radius 3 is 2.62 bits per heavy atom. The lowest BCUT2D eigenvalue weighted by Gasteiger charge is -2.38. The third-order valence-corrected chi connectivity index (χ3v) is 5.05. The molecule has 6 nitrogen and oxygen atoms in total. The van der Waals surface area contributed by atoms with Gasteiger partial charge in [-0.3, -0.25) is 4.79 Å². The quantitative estimate of drug-likeness (QED) is 0.860. The fraction of sp³-hybridized carbons (Fsp3) is 0.867. The number of carboxylic acids is 1. The number of urea groups is 1. The number of nitrogens with zero attached hydrogens (tertiary/aromatic N) is 2. The minimum atomic E-state index is -0.802. The number of carbonyl (C=O) groups is 2. The molecule has 0 spiro atoms. The number of likely N-dealkylation sites (tertiary alicyclic amines) is 1. The van der Waals surface area contributed by atoms with Crippen LogP contribution in [0.15, 0.2) is 0 Å². The smallest absolute Gasteiger partial charge is 0.320 e. The summed E-state index contributed by atoms with van der Waals surface area (Å²) in [7, 11) is 0. The number of hydrogen-bond donors (Lipinski definition) is 1. The van der Waals surface area contributed by atoms with Crippen molar-refractivity contribution in [1.29, 1.82) is 0 Å². The molecule has 2 aliphatic heterocycles. The van der Waals surface area contributed by atoms with Crippen molar-refractivity contribution < 1.29 is 19.4 Å². The molecular formula is C15H26N2O4. The number of rotatable bonds is 3. The van der Waals surface area contributed by atoms with Crippen LogP contribution in [0.1, 0.15) is 33.6 Å². The SMILES string of the molecule is CCC1COCCN1C(=O)N1CCC(C(=O)O)(C(C)C)C1. The van der Waals surface area contributed by atoms with Crippen LogP contribution in [-0.2, 0) is 9.53 Å². The van der Waals surface area contributed by atoms with E-state index in [0.29, 0.717) is 39.3 Å². The Labute approximate surface area is 126 Å². The van der Waals surface area contributed by atoms with E-state index in [1.807, 2.05) is 25.7 Å². The van der Waals surface area contributed by atoms with Crippen LogP contribution in [0.4, 0.5) is 4.79 Å². The van der Waals surface area contributed by atoms with Crippen LogP contribution in [0.25, 0.3) is 0 Å². The highest BCUT2D eigenvalue weighted by molar-refractivity contribution is 5.80. The summed E-state index contributed by atoms with van der Waals surface area (Å²) >= 11 is 0. The lowest BCUT2D eigenvalue weighted by Crippen LogP contribution is -2.53. The van der Waals surface area contributed by atoms with Crippen LogP contribution in [0.3, 0.4) is 0 Å². The van der Waals surface area contributed by atoms with E-state index in [1.54, 1.807) is 4.90 Å². The maximum absolute atomic E-state index is 12.7. The zero-order valence-corrected chi connectivity index (χ0v) is 13.2. The lowest BCUT2D eigenvalue weighted by molar-refractivity contribution is -0.150. The molecule has 0 aromatic rings. The molecule has 2 rings (SSSR count). The molecule has 0 aromatic heterocycles. The molecule has 1 N–H and O–H groups in total.